The van der Waals surface area contributed by atoms with E-state index >= 15 is 4.39 Å². The molecule has 2 aliphatic heterocycles. The first-order chi connectivity index (χ1) is 13.3. The molecule has 4 N–H and O–H groups in total. The number of carboxylic acids is 1. The minimum atomic E-state index is -1.44. The fraction of sp³-hybridized carbons (Fsp3) is 0.444. The predicted molar refractivity (Wildman–Crippen MR) is 100 cm³/mol. The molecule has 0 spiro atoms. The normalized spacial score (nSPS) is 21.6. The van der Waals surface area contributed by atoms with Crippen molar-refractivity contribution in [2.75, 3.05) is 43.7 Å². The molecule has 1 aromatic carbocycles. The van der Waals surface area contributed by atoms with Gasteiger partial charge in [-0.05, 0) is 6.42 Å². The van der Waals surface area contributed by atoms with Gasteiger partial charge in [-0.15, -0.1) is 0 Å². The maximum absolute atomic E-state index is 15.3. The van der Waals surface area contributed by atoms with Gasteiger partial charge in [0.05, 0.1) is 28.7 Å². The van der Waals surface area contributed by atoms with Crippen LogP contribution in [0.25, 0.3) is 10.9 Å². The molecule has 9 nitrogen and oxygen atoms in total. The van der Waals surface area contributed by atoms with Crippen LogP contribution < -0.4 is 21.1 Å². The third kappa shape index (κ3) is 2.45. The number of likely N-dealkylation sites (N-methyl/N-ethyl adjacent to an activating group) is 1. The summed E-state index contributed by atoms with van der Waals surface area (Å²) in [5.41, 5.74) is 5.67. The Morgan fingerprint density at radius 3 is 2.71 bits per heavy atom. The SMILES string of the molecule is CO[C@H]1CN(c2c(F)c(O)c3c(=O)c(C(=O)O)cn4c3c2CCN4C)C[C@H]1N. The van der Waals surface area contributed by atoms with E-state index in [1.165, 1.54) is 18.0 Å². The van der Waals surface area contributed by atoms with Gasteiger partial charge in [0.15, 0.2) is 11.6 Å². The van der Waals surface area contributed by atoms with E-state index in [4.69, 9.17) is 10.5 Å². The molecule has 1 aromatic heterocycles. The van der Waals surface area contributed by atoms with Gasteiger partial charge in [0.1, 0.15) is 5.56 Å². The van der Waals surface area contributed by atoms with Gasteiger partial charge >= 0.3 is 5.97 Å². The number of methoxy groups -OCH3 is 1. The van der Waals surface area contributed by atoms with Crippen LogP contribution >= 0.6 is 0 Å². The topological polar surface area (TPSA) is 121 Å². The third-order valence-corrected chi connectivity index (χ3v) is 5.62. The number of carbonyl (C=O) groups is 1. The second kappa shape index (κ2) is 6.35. The van der Waals surface area contributed by atoms with Crippen LogP contribution in [0.1, 0.15) is 15.9 Å². The van der Waals surface area contributed by atoms with Crippen LogP contribution in [0, 0.1) is 5.82 Å². The molecule has 10 heteroatoms. The highest BCUT2D eigenvalue weighted by atomic mass is 19.1. The first-order valence-corrected chi connectivity index (χ1v) is 8.87. The van der Waals surface area contributed by atoms with Crippen LogP contribution in [-0.2, 0) is 11.2 Å². The fourth-order valence-corrected chi connectivity index (χ4v) is 4.18. The molecule has 0 bridgehead atoms. The van der Waals surface area contributed by atoms with Crippen LogP contribution in [0.2, 0.25) is 0 Å². The maximum atomic E-state index is 15.3. The summed E-state index contributed by atoms with van der Waals surface area (Å²) in [4.78, 5) is 25.9. The summed E-state index contributed by atoms with van der Waals surface area (Å²) in [5.74, 6) is -3.23. The summed E-state index contributed by atoms with van der Waals surface area (Å²) in [7, 11) is 3.26. The number of hydrogen-bond acceptors (Lipinski definition) is 7. The van der Waals surface area contributed by atoms with Crippen LogP contribution in [-0.4, -0.2) is 66.8 Å². The lowest BCUT2D eigenvalue weighted by atomic mass is 9.98. The minimum Gasteiger partial charge on any atom is -0.504 e. The number of anilines is 1. The van der Waals surface area contributed by atoms with E-state index < -0.39 is 28.5 Å². The number of rotatable bonds is 3. The van der Waals surface area contributed by atoms with Crippen LogP contribution in [0.4, 0.5) is 10.1 Å². The van der Waals surface area contributed by atoms with Crippen LogP contribution in [0.5, 0.6) is 5.75 Å². The zero-order valence-electron chi connectivity index (χ0n) is 15.5. The molecular weight excluding hydrogens is 371 g/mol. The zero-order valence-corrected chi connectivity index (χ0v) is 15.5. The number of carboxylic acid groups (broad SMARTS) is 1. The molecule has 0 saturated carbocycles. The fourth-order valence-electron chi connectivity index (χ4n) is 4.18. The summed E-state index contributed by atoms with van der Waals surface area (Å²) in [6.07, 6.45) is 1.35. The van der Waals surface area contributed by atoms with Crippen molar-refractivity contribution in [2.45, 2.75) is 18.6 Å². The quantitative estimate of drug-likeness (QED) is 0.658. The van der Waals surface area contributed by atoms with Crippen molar-refractivity contribution in [3.63, 3.8) is 0 Å². The number of aromatic nitrogens is 1. The molecule has 1 fully saturated rings. The van der Waals surface area contributed by atoms with Gasteiger partial charge < -0.3 is 30.6 Å². The summed E-state index contributed by atoms with van der Waals surface area (Å²) in [6, 6.07) is -0.322. The molecule has 150 valence electrons. The Morgan fingerprint density at radius 1 is 1.39 bits per heavy atom. The maximum Gasteiger partial charge on any atom is 0.341 e. The van der Waals surface area contributed by atoms with Crippen molar-refractivity contribution in [3.05, 3.63) is 33.4 Å². The predicted octanol–water partition coefficient (Wildman–Crippen LogP) is -0.169. The second-order valence-electron chi connectivity index (χ2n) is 7.21. The van der Waals surface area contributed by atoms with Gasteiger partial charge in [0.25, 0.3) is 0 Å². The smallest absolute Gasteiger partial charge is 0.341 e. The minimum absolute atomic E-state index is 0.185. The Bertz CT molecular complexity index is 1050. The molecular formula is C18H21FN4O5. The largest absolute Gasteiger partial charge is 0.504 e. The molecule has 0 aliphatic carbocycles. The summed E-state index contributed by atoms with van der Waals surface area (Å²) >= 11 is 0. The number of hydrogen-bond donors (Lipinski definition) is 3. The van der Waals surface area contributed by atoms with Crippen molar-refractivity contribution >= 4 is 22.6 Å². The molecule has 0 radical (unpaired) electrons. The third-order valence-electron chi connectivity index (χ3n) is 5.62. The number of nitrogens with two attached hydrogens (primary N) is 1. The molecule has 28 heavy (non-hydrogen) atoms. The van der Waals surface area contributed by atoms with E-state index in [1.54, 1.807) is 17.0 Å². The van der Waals surface area contributed by atoms with Gasteiger partial charge in [-0.1, -0.05) is 0 Å². The lowest BCUT2D eigenvalue weighted by molar-refractivity contribution is 0.0695. The summed E-state index contributed by atoms with van der Waals surface area (Å²) in [6.45, 7) is 1.16. The number of benzene rings is 1. The average molecular weight is 392 g/mol. The number of aromatic carboxylic acids is 1. The number of halogens is 1. The van der Waals surface area contributed by atoms with Crippen molar-refractivity contribution in [3.8, 4) is 5.75 Å². The summed E-state index contributed by atoms with van der Waals surface area (Å²) in [5, 5.41) is 21.3. The standard InChI is InChI=1S/C18H21FN4O5/c1-21-4-3-8-14-12(16(24)9(18(26)27)5-23(14)21)17(25)13(19)15(8)22-6-10(20)11(7-22)28-2/h5,10-11,25H,3-4,6-7,20H2,1-2H3,(H,26,27)/t10-,11+/m1/s1. The lowest BCUT2D eigenvalue weighted by Crippen LogP contribution is -2.39. The van der Waals surface area contributed by atoms with Crippen molar-refractivity contribution < 1.29 is 24.1 Å². The second-order valence-corrected chi connectivity index (χ2v) is 7.21. The molecule has 3 heterocycles. The molecule has 2 atom stereocenters. The van der Waals surface area contributed by atoms with Gasteiger partial charge in [-0.3, -0.25) is 9.47 Å². The highest BCUT2D eigenvalue weighted by molar-refractivity contribution is 5.99. The van der Waals surface area contributed by atoms with Crippen LogP contribution in [0.15, 0.2) is 11.0 Å². The number of aromatic hydroxyl groups is 1. The lowest BCUT2D eigenvalue weighted by Gasteiger charge is -2.34. The van der Waals surface area contributed by atoms with Gasteiger partial charge in [-0.2, -0.15) is 0 Å². The van der Waals surface area contributed by atoms with E-state index in [-0.39, 0.29) is 23.2 Å². The van der Waals surface area contributed by atoms with Gasteiger partial charge in [0, 0.05) is 45.6 Å². The van der Waals surface area contributed by atoms with Gasteiger partial charge in [-0.25, -0.2) is 9.18 Å². The molecule has 1 saturated heterocycles. The molecule has 2 aliphatic rings. The van der Waals surface area contributed by atoms with E-state index in [0.29, 0.717) is 37.1 Å². The van der Waals surface area contributed by atoms with Crippen molar-refractivity contribution in [2.24, 2.45) is 5.73 Å². The van der Waals surface area contributed by atoms with E-state index in [1.807, 2.05) is 0 Å². The Balaban J connectivity index is 2.06. The number of phenolic OH excluding ortho intramolecular Hbond substituents is 1. The number of nitrogens with zero attached hydrogens (tertiary/aromatic N) is 3. The molecule has 4 rings (SSSR count). The summed E-state index contributed by atoms with van der Waals surface area (Å²) < 4.78 is 22.1. The first kappa shape index (κ1) is 18.5. The first-order valence-electron chi connectivity index (χ1n) is 8.87. The van der Waals surface area contributed by atoms with Crippen molar-refractivity contribution in [1.82, 2.24) is 4.68 Å². The van der Waals surface area contributed by atoms with E-state index in [0.717, 1.165) is 0 Å². The monoisotopic (exact) mass is 392 g/mol. The molecule has 2 aromatic rings. The highest BCUT2D eigenvalue weighted by Gasteiger charge is 2.36. The zero-order chi connectivity index (χ0) is 20.3. The van der Waals surface area contributed by atoms with E-state index in [2.05, 4.69) is 0 Å². The Hall–Kier alpha value is -2.85. The molecule has 0 unspecified atom stereocenters. The van der Waals surface area contributed by atoms with Crippen LogP contribution in [0.3, 0.4) is 0 Å². The highest BCUT2D eigenvalue weighted by Crippen LogP contribution is 2.41. The Labute approximate surface area is 159 Å². The Kier molecular flexibility index (Phi) is 4.20. The number of ether oxygens (including phenoxy) is 1. The van der Waals surface area contributed by atoms with E-state index in [9.17, 15) is 19.8 Å². The average Bonchev–Trinajstić information content (AvgIpc) is 3.02. The van der Waals surface area contributed by atoms with Gasteiger partial charge in [0.2, 0.25) is 5.43 Å². The number of pyridine rings is 1. The molecule has 0 amide bonds. The van der Waals surface area contributed by atoms with Crippen molar-refractivity contribution in [1.29, 1.82) is 0 Å². The number of phenols is 1. The Morgan fingerprint density at radius 2 is 2.11 bits per heavy atom.